The van der Waals surface area contributed by atoms with Gasteiger partial charge in [-0.3, -0.25) is 0 Å². The molecule has 0 amide bonds. The number of ether oxygens (including phenoxy) is 1. The zero-order chi connectivity index (χ0) is 16.8. The second-order valence-corrected chi connectivity index (χ2v) is 7.76. The van der Waals surface area contributed by atoms with Crippen LogP contribution in [0.5, 0.6) is 0 Å². The van der Waals surface area contributed by atoms with Gasteiger partial charge in [-0.2, -0.15) is 5.26 Å². The lowest BCUT2D eigenvalue weighted by molar-refractivity contribution is -0.0323. The molecule has 0 radical (unpaired) electrons. The molecule has 3 aliphatic rings. The summed E-state index contributed by atoms with van der Waals surface area (Å²) in [4.78, 5) is 3.49. The van der Waals surface area contributed by atoms with Crippen LogP contribution in [0.25, 0.3) is 0 Å². The molecule has 25 heavy (non-hydrogen) atoms. The van der Waals surface area contributed by atoms with Crippen molar-refractivity contribution in [2.45, 2.75) is 29.9 Å². The molecule has 0 spiro atoms. The maximum atomic E-state index is 10.1. The van der Waals surface area contributed by atoms with Crippen LogP contribution in [0.4, 0.5) is 5.69 Å². The molecule has 3 heterocycles. The van der Waals surface area contributed by atoms with Crippen molar-refractivity contribution in [3.8, 4) is 6.07 Å². The smallest absolute Gasteiger partial charge is 0.138 e. The van der Waals surface area contributed by atoms with Gasteiger partial charge in [-0.15, -0.1) is 0 Å². The molecule has 3 atom stereocenters. The summed E-state index contributed by atoms with van der Waals surface area (Å²) in [5.41, 5.74) is 3.29. The Labute approximate surface area is 151 Å². The van der Waals surface area contributed by atoms with E-state index in [0.29, 0.717) is 5.92 Å². The van der Waals surface area contributed by atoms with Gasteiger partial charge in [0.15, 0.2) is 0 Å². The zero-order valence-corrected chi connectivity index (χ0v) is 14.6. The van der Waals surface area contributed by atoms with E-state index in [0.717, 1.165) is 30.1 Å². The average Bonchev–Trinajstić information content (AvgIpc) is 3.07. The fourth-order valence-corrected chi connectivity index (χ4v) is 5.58. The lowest BCUT2D eigenvalue weighted by Gasteiger charge is -2.46. The first kappa shape index (κ1) is 15.1. The van der Waals surface area contributed by atoms with E-state index in [9.17, 15) is 5.26 Å². The minimum atomic E-state index is 0.0159. The molecular formula is C21H18N2OS. The average molecular weight is 346 g/mol. The molecule has 2 aromatic rings. The highest BCUT2D eigenvalue weighted by atomic mass is 32.2. The van der Waals surface area contributed by atoms with Gasteiger partial charge < -0.3 is 9.64 Å². The van der Waals surface area contributed by atoms with Crippen LogP contribution >= 0.6 is 11.8 Å². The summed E-state index contributed by atoms with van der Waals surface area (Å²) in [7, 11) is 0. The molecule has 3 aliphatic heterocycles. The third kappa shape index (κ3) is 2.23. The van der Waals surface area contributed by atoms with Crippen LogP contribution in [0.2, 0.25) is 0 Å². The molecule has 0 unspecified atom stereocenters. The lowest BCUT2D eigenvalue weighted by Crippen LogP contribution is -2.49. The minimum absolute atomic E-state index is 0.0159. The van der Waals surface area contributed by atoms with E-state index >= 15 is 0 Å². The maximum Gasteiger partial charge on any atom is 0.138 e. The number of rotatable bonds is 1. The SMILES string of the molecule is N#CC1=C2Sc3ccccc3N2[C@@H]2OCCC[C@@H]2[C@@H]1c1ccccc1. The summed E-state index contributed by atoms with van der Waals surface area (Å²) in [6.07, 6.45) is 2.16. The normalized spacial score (nSPS) is 27.3. The zero-order valence-electron chi connectivity index (χ0n) is 13.8. The Balaban J connectivity index is 1.72. The molecule has 3 nitrogen and oxygen atoms in total. The molecule has 4 heteroatoms. The number of hydrogen-bond donors (Lipinski definition) is 0. The van der Waals surface area contributed by atoms with Crippen molar-refractivity contribution >= 4 is 17.4 Å². The largest absolute Gasteiger partial charge is 0.358 e. The number of thioether (sulfide) groups is 1. The predicted octanol–water partition coefficient (Wildman–Crippen LogP) is 4.88. The Morgan fingerprint density at radius 2 is 1.88 bits per heavy atom. The van der Waals surface area contributed by atoms with Gasteiger partial charge in [0, 0.05) is 23.3 Å². The van der Waals surface area contributed by atoms with Crippen molar-refractivity contribution in [2.75, 3.05) is 11.5 Å². The third-order valence-electron chi connectivity index (χ3n) is 5.39. The van der Waals surface area contributed by atoms with E-state index < -0.39 is 0 Å². The highest BCUT2D eigenvalue weighted by Gasteiger charge is 2.48. The number of para-hydroxylation sites is 1. The van der Waals surface area contributed by atoms with Crippen molar-refractivity contribution in [1.82, 2.24) is 0 Å². The van der Waals surface area contributed by atoms with Crippen molar-refractivity contribution in [1.29, 1.82) is 5.26 Å². The summed E-state index contributed by atoms with van der Waals surface area (Å²) in [6.45, 7) is 0.793. The quantitative estimate of drug-likeness (QED) is 0.737. The molecule has 0 bridgehead atoms. The highest BCUT2D eigenvalue weighted by Crippen LogP contribution is 2.57. The molecule has 0 N–H and O–H groups in total. The van der Waals surface area contributed by atoms with Gasteiger partial charge in [0.1, 0.15) is 6.23 Å². The summed E-state index contributed by atoms with van der Waals surface area (Å²) in [5, 5.41) is 11.1. The summed E-state index contributed by atoms with van der Waals surface area (Å²) < 4.78 is 6.27. The van der Waals surface area contributed by atoms with Gasteiger partial charge in [-0.05, 0) is 30.5 Å². The van der Waals surface area contributed by atoms with Crippen molar-refractivity contribution in [3.63, 3.8) is 0 Å². The molecule has 1 fully saturated rings. The Morgan fingerprint density at radius 1 is 1.08 bits per heavy atom. The van der Waals surface area contributed by atoms with Crippen LogP contribution in [0.3, 0.4) is 0 Å². The van der Waals surface area contributed by atoms with Crippen LogP contribution in [0, 0.1) is 17.2 Å². The van der Waals surface area contributed by atoms with Crippen molar-refractivity contribution in [2.24, 2.45) is 5.92 Å². The number of fused-ring (bicyclic) bond motifs is 5. The third-order valence-corrected chi connectivity index (χ3v) is 6.57. The fourth-order valence-electron chi connectivity index (χ4n) is 4.37. The van der Waals surface area contributed by atoms with E-state index in [1.165, 1.54) is 16.1 Å². The molecule has 1 saturated heterocycles. The number of anilines is 1. The number of hydrogen-bond acceptors (Lipinski definition) is 4. The summed E-state index contributed by atoms with van der Waals surface area (Å²) >= 11 is 1.71. The Hall–Kier alpha value is -2.22. The number of nitrogens with zero attached hydrogens (tertiary/aromatic N) is 2. The van der Waals surface area contributed by atoms with Gasteiger partial charge >= 0.3 is 0 Å². The van der Waals surface area contributed by atoms with Gasteiger partial charge in [0.25, 0.3) is 0 Å². The second-order valence-electron chi connectivity index (χ2n) is 6.73. The van der Waals surface area contributed by atoms with Crippen molar-refractivity contribution in [3.05, 3.63) is 70.8 Å². The number of nitriles is 1. The molecule has 0 aliphatic carbocycles. The first-order valence-electron chi connectivity index (χ1n) is 8.75. The minimum Gasteiger partial charge on any atom is -0.358 e. The van der Waals surface area contributed by atoms with Crippen molar-refractivity contribution < 1.29 is 4.74 Å². The van der Waals surface area contributed by atoms with E-state index in [4.69, 9.17) is 4.74 Å². The monoisotopic (exact) mass is 346 g/mol. The number of benzene rings is 2. The molecular weight excluding hydrogens is 328 g/mol. The van der Waals surface area contributed by atoms with Gasteiger partial charge in [0.05, 0.1) is 22.4 Å². The standard InChI is InChI=1S/C21H18N2OS/c22-13-16-19(14-7-2-1-3-8-14)15-9-6-12-24-20(15)23-17-10-4-5-11-18(17)25-21(16)23/h1-5,7-8,10-11,15,19-20H,6,9,12H2/t15-,19+,20-/m1/s1. The predicted molar refractivity (Wildman–Crippen MR) is 99.1 cm³/mol. The Morgan fingerprint density at radius 3 is 2.72 bits per heavy atom. The Bertz CT molecular complexity index is 886. The second kappa shape index (κ2) is 5.94. The molecule has 0 aromatic heterocycles. The maximum absolute atomic E-state index is 10.1. The van der Waals surface area contributed by atoms with Crippen LogP contribution in [-0.2, 0) is 4.74 Å². The molecule has 0 saturated carbocycles. The highest BCUT2D eigenvalue weighted by molar-refractivity contribution is 8.03. The van der Waals surface area contributed by atoms with Crippen LogP contribution < -0.4 is 4.90 Å². The molecule has 124 valence electrons. The van der Waals surface area contributed by atoms with E-state index in [2.05, 4.69) is 59.5 Å². The molecule has 5 rings (SSSR count). The topological polar surface area (TPSA) is 36.3 Å². The van der Waals surface area contributed by atoms with Gasteiger partial charge in [0.2, 0.25) is 0 Å². The van der Waals surface area contributed by atoms with E-state index in [1.807, 2.05) is 6.07 Å². The number of allylic oxidation sites excluding steroid dienone is 1. The fraction of sp³-hybridized carbons (Fsp3) is 0.286. The van der Waals surface area contributed by atoms with Crippen LogP contribution in [0.15, 0.2) is 70.1 Å². The first-order valence-corrected chi connectivity index (χ1v) is 9.57. The lowest BCUT2D eigenvalue weighted by atomic mass is 9.74. The van der Waals surface area contributed by atoms with Gasteiger partial charge in [-0.25, -0.2) is 0 Å². The van der Waals surface area contributed by atoms with Crippen LogP contribution in [0.1, 0.15) is 24.3 Å². The van der Waals surface area contributed by atoms with Crippen LogP contribution in [-0.4, -0.2) is 12.8 Å². The summed E-state index contributed by atoms with van der Waals surface area (Å²) in [6, 6.07) is 21.4. The van der Waals surface area contributed by atoms with Gasteiger partial charge in [-0.1, -0.05) is 54.2 Å². The summed E-state index contributed by atoms with van der Waals surface area (Å²) in [5.74, 6) is 0.422. The van der Waals surface area contributed by atoms with E-state index in [-0.39, 0.29) is 12.1 Å². The first-order chi connectivity index (χ1) is 12.4. The van der Waals surface area contributed by atoms with E-state index in [1.54, 1.807) is 11.8 Å². The Kier molecular flexibility index (Phi) is 3.58. The molecule has 2 aromatic carbocycles.